The smallest absolute Gasteiger partial charge is 0.411 e. The zero-order chi connectivity index (χ0) is 19.9. The molecular formula is C18H16Cl3NO5. The minimum absolute atomic E-state index is 0.0609. The molecule has 27 heavy (non-hydrogen) atoms. The number of alkyl halides is 3. The Morgan fingerprint density at radius 3 is 2.22 bits per heavy atom. The van der Waals surface area contributed by atoms with Gasteiger partial charge in [0.05, 0.1) is 0 Å². The van der Waals surface area contributed by atoms with Crippen molar-refractivity contribution in [1.29, 1.82) is 0 Å². The number of nitrogens with one attached hydrogen (secondary N) is 1. The van der Waals surface area contributed by atoms with Crippen LogP contribution >= 0.6 is 34.8 Å². The molecule has 6 nitrogen and oxygen atoms in total. The van der Waals surface area contributed by atoms with E-state index in [2.05, 4.69) is 5.32 Å². The Bertz CT molecular complexity index is 763. The highest BCUT2D eigenvalue weighted by Crippen LogP contribution is 2.26. The molecule has 0 saturated carbocycles. The molecule has 0 saturated heterocycles. The highest BCUT2D eigenvalue weighted by Gasteiger charge is 2.22. The number of aliphatic hydroxyl groups is 1. The monoisotopic (exact) mass is 431 g/mol. The van der Waals surface area contributed by atoms with Gasteiger partial charge in [-0.3, -0.25) is 5.32 Å². The normalized spacial score (nSPS) is 12.1. The van der Waals surface area contributed by atoms with Crippen LogP contribution in [-0.4, -0.2) is 27.6 Å². The molecule has 2 aromatic carbocycles. The number of carbonyl (C=O) groups excluding carboxylic acids is 2. The number of anilines is 1. The molecule has 0 radical (unpaired) electrons. The Kier molecular flexibility index (Phi) is 7.74. The summed E-state index contributed by atoms with van der Waals surface area (Å²) in [6, 6.07) is 15.0. The fraction of sp³-hybridized carbons (Fsp3) is 0.222. The number of ether oxygens (including phenoxy) is 2. The van der Waals surface area contributed by atoms with Crippen LogP contribution in [-0.2, 0) is 20.9 Å². The van der Waals surface area contributed by atoms with Crippen molar-refractivity contribution in [3.8, 4) is 0 Å². The summed E-state index contributed by atoms with van der Waals surface area (Å²) < 4.78 is 8.11. The Hall–Kier alpha value is -1.99. The summed E-state index contributed by atoms with van der Waals surface area (Å²) in [4.78, 5) is 23.5. The molecule has 9 heteroatoms. The van der Waals surface area contributed by atoms with Crippen LogP contribution in [0.15, 0.2) is 54.6 Å². The van der Waals surface area contributed by atoms with Crippen LogP contribution in [0.4, 0.5) is 10.5 Å². The first-order chi connectivity index (χ1) is 12.7. The third-order valence-electron chi connectivity index (χ3n) is 3.29. The minimum atomic E-state index is -1.70. The largest absolute Gasteiger partial charge is 0.459 e. The molecule has 0 heterocycles. The van der Waals surface area contributed by atoms with Gasteiger partial charge in [-0.1, -0.05) is 77.3 Å². The highest BCUT2D eigenvalue weighted by molar-refractivity contribution is 6.67. The van der Waals surface area contributed by atoms with E-state index in [9.17, 15) is 14.7 Å². The van der Waals surface area contributed by atoms with Crippen molar-refractivity contribution >= 4 is 52.6 Å². The Labute approximate surface area is 170 Å². The van der Waals surface area contributed by atoms with E-state index in [1.807, 2.05) is 30.3 Å². The molecule has 1 amide bonds. The van der Waals surface area contributed by atoms with E-state index >= 15 is 0 Å². The van der Waals surface area contributed by atoms with Gasteiger partial charge in [0, 0.05) is 5.69 Å². The number of carbonyl (C=O) groups is 2. The molecule has 2 rings (SSSR count). The fourth-order valence-electron chi connectivity index (χ4n) is 1.99. The van der Waals surface area contributed by atoms with E-state index in [4.69, 9.17) is 44.3 Å². The quantitative estimate of drug-likeness (QED) is 0.522. The van der Waals surface area contributed by atoms with Crippen LogP contribution in [0.1, 0.15) is 17.2 Å². The maximum absolute atomic E-state index is 12.0. The molecule has 1 atom stereocenters. The molecule has 0 fully saturated rings. The van der Waals surface area contributed by atoms with E-state index in [0.717, 1.165) is 5.56 Å². The number of benzene rings is 2. The van der Waals surface area contributed by atoms with Gasteiger partial charge in [-0.2, -0.15) is 0 Å². The zero-order valence-corrected chi connectivity index (χ0v) is 16.2. The standard InChI is InChI=1S/C18H16Cl3NO5/c19-18(20,21)11-27-17(25)22-14-8-6-13(7-9-14)15(23)16(24)26-10-12-4-2-1-3-5-12/h1-9,15,23H,10-11H2,(H,22,25)/t15-/m1/s1. The lowest BCUT2D eigenvalue weighted by Crippen LogP contribution is -2.21. The van der Waals surface area contributed by atoms with Crippen LogP contribution in [0.2, 0.25) is 0 Å². The van der Waals surface area contributed by atoms with Crippen molar-refractivity contribution < 1.29 is 24.2 Å². The number of halogens is 3. The third kappa shape index (κ3) is 7.64. The molecule has 2 aromatic rings. The number of hydrogen-bond acceptors (Lipinski definition) is 5. The number of esters is 1. The average molecular weight is 433 g/mol. The van der Waals surface area contributed by atoms with Crippen LogP contribution in [0.3, 0.4) is 0 Å². The van der Waals surface area contributed by atoms with Gasteiger partial charge in [0.2, 0.25) is 3.79 Å². The molecular weight excluding hydrogens is 417 g/mol. The Morgan fingerprint density at radius 1 is 1.00 bits per heavy atom. The summed E-state index contributed by atoms with van der Waals surface area (Å²) in [6.07, 6.45) is -2.25. The number of aliphatic hydroxyl groups excluding tert-OH is 1. The van der Waals surface area contributed by atoms with Crippen molar-refractivity contribution in [1.82, 2.24) is 0 Å². The summed E-state index contributed by atoms with van der Waals surface area (Å²) >= 11 is 16.5. The van der Waals surface area contributed by atoms with Gasteiger partial charge in [0.25, 0.3) is 0 Å². The van der Waals surface area contributed by atoms with Crippen LogP contribution < -0.4 is 5.32 Å². The zero-order valence-electron chi connectivity index (χ0n) is 13.9. The second-order valence-corrected chi connectivity index (χ2v) is 7.95. The summed E-state index contributed by atoms with van der Waals surface area (Å²) in [5, 5.41) is 12.5. The van der Waals surface area contributed by atoms with Crippen LogP contribution in [0, 0.1) is 0 Å². The molecule has 0 spiro atoms. The predicted molar refractivity (Wildman–Crippen MR) is 103 cm³/mol. The van der Waals surface area contributed by atoms with Gasteiger partial charge in [-0.15, -0.1) is 0 Å². The van der Waals surface area contributed by atoms with E-state index in [-0.39, 0.29) is 6.61 Å². The van der Waals surface area contributed by atoms with Gasteiger partial charge >= 0.3 is 12.1 Å². The lowest BCUT2D eigenvalue weighted by atomic mass is 10.1. The van der Waals surface area contributed by atoms with Crippen molar-refractivity contribution in [2.24, 2.45) is 0 Å². The highest BCUT2D eigenvalue weighted by atomic mass is 35.6. The van der Waals surface area contributed by atoms with Crippen molar-refractivity contribution in [2.75, 3.05) is 11.9 Å². The van der Waals surface area contributed by atoms with Gasteiger partial charge in [0.15, 0.2) is 6.10 Å². The van der Waals surface area contributed by atoms with Crippen molar-refractivity contribution in [3.05, 3.63) is 65.7 Å². The fourth-order valence-corrected chi connectivity index (χ4v) is 2.16. The average Bonchev–Trinajstić information content (AvgIpc) is 2.65. The lowest BCUT2D eigenvalue weighted by Gasteiger charge is -2.13. The SMILES string of the molecule is O=C(Nc1ccc([C@@H](O)C(=O)OCc2ccccc2)cc1)OCC(Cl)(Cl)Cl. The number of amides is 1. The van der Waals surface area contributed by atoms with Gasteiger partial charge in [0.1, 0.15) is 13.2 Å². The first kappa shape index (κ1) is 21.3. The molecule has 2 N–H and O–H groups in total. The second kappa shape index (κ2) is 9.80. The van der Waals surface area contributed by atoms with Crippen LogP contribution in [0.5, 0.6) is 0 Å². The van der Waals surface area contributed by atoms with E-state index in [1.165, 1.54) is 24.3 Å². The summed E-state index contributed by atoms with van der Waals surface area (Å²) in [5.41, 5.74) is 1.50. The second-order valence-electron chi connectivity index (χ2n) is 5.43. The molecule has 0 aliphatic carbocycles. The number of hydrogen-bond donors (Lipinski definition) is 2. The summed E-state index contributed by atoms with van der Waals surface area (Å²) in [6.45, 7) is -0.348. The maximum Gasteiger partial charge on any atom is 0.411 e. The Morgan fingerprint density at radius 2 is 1.63 bits per heavy atom. The molecule has 0 bridgehead atoms. The Balaban J connectivity index is 1.86. The predicted octanol–water partition coefficient (Wildman–Crippen LogP) is 4.38. The van der Waals surface area contributed by atoms with Gasteiger partial charge in [-0.25, -0.2) is 9.59 Å². The lowest BCUT2D eigenvalue weighted by molar-refractivity contribution is -0.155. The summed E-state index contributed by atoms with van der Waals surface area (Å²) in [5.74, 6) is -0.776. The van der Waals surface area contributed by atoms with Crippen molar-refractivity contribution in [2.45, 2.75) is 16.5 Å². The van der Waals surface area contributed by atoms with Gasteiger partial charge in [-0.05, 0) is 23.3 Å². The number of rotatable bonds is 6. The molecule has 0 aliphatic rings. The molecule has 0 unspecified atom stereocenters. The van der Waals surface area contributed by atoms with Crippen LogP contribution in [0.25, 0.3) is 0 Å². The molecule has 0 aliphatic heterocycles. The van der Waals surface area contributed by atoms with E-state index in [1.54, 1.807) is 0 Å². The molecule has 0 aromatic heterocycles. The maximum atomic E-state index is 12.0. The first-order valence-electron chi connectivity index (χ1n) is 7.74. The third-order valence-corrected chi connectivity index (χ3v) is 3.61. The first-order valence-corrected chi connectivity index (χ1v) is 8.87. The topological polar surface area (TPSA) is 84.9 Å². The van der Waals surface area contributed by atoms with Crippen molar-refractivity contribution in [3.63, 3.8) is 0 Å². The van der Waals surface area contributed by atoms with E-state index < -0.39 is 28.6 Å². The molecule has 144 valence electrons. The summed E-state index contributed by atoms with van der Waals surface area (Å²) in [7, 11) is 0. The van der Waals surface area contributed by atoms with E-state index in [0.29, 0.717) is 11.3 Å². The minimum Gasteiger partial charge on any atom is -0.459 e. The van der Waals surface area contributed by atoms with Gasteiger partial charge < -0.3 is 14.6 Å².